The number of piperazine rings is 1. The van der Waals surface area contributed by atoms with Crippen LogP contribution in [0.1, 0.15) is 52.9 Å². The maximum absolute atomic E-state index is 12.6. The molecule has 2 aliphatic heterocycles. The number of halogens is 1. The van der Waals surface area contributed by atoms with Crippen molar-refractivity contribution in [2.75, 3.05) is 74.6 Å². The third kappa shape index (κ3) is 9.59. The van der Waals surface area contributed by atoms with E-state index in [9.17, 15) is 14.4 Å². The number of carbonyl (C=O) groups excluding carboxylic acids is 3. The Morgan fingerprint density at radius 2 is 1.58 bits per heavy atom. The molecule has 2 fully saturated rings. The molecule has 1 aromatic heterocycles. The third-order valence-corrected chi connectivity index (χ3v) is 8.53. The summed E-state index contributed by atoms with van der Waals surface area (Å²) in [4.78, 5) is 52.4. The Bertz CT molecular complexity index is 1290. The molecule has 2 aromatic rings. The quantitative estimate of drug-likeness (QED) is 0.298. The van der Waals surface area contributed by atoms with E-state index in [1.54, 1.807) is 20.2 Å². The van der Waals surface area contributed by atoms with E-state index in [4.69, 9.17) is 21.3 Å². The van der Waals surface area contributed by atoms with Gasteiger partial charge >= 0.3 is 0 Å². The van der Waals surface area contributed by atoms with E-state index < -0.39 is 0 Å². The smallest absolute Gasteiger partial charge is 0.229 e. The van der Waals surface area contributed by atoms with Crippen LogP contribution in [0.4, 0.5) is 23.1 Å². The number of ether oxygens (including phenoxy) is 1. The van der Waals surface area contributed by atoms with Crippen molar-refractivity contribution >= 4 is 52.5 Å². The van der Waals surface area contributed by atoms with Gasteiger partial charge in [-0.05, 0) is 43.2 Å². The molecule has 2 saturated heterocycles. The van der Waals surface area contributed by atoms with Gasteiger partial charge in [-0.15, -0.1) is 0 Å². The van der Waals surface area contributed by atoms with Crippen molar-refractivity contribution in [2.45, 2.75) is 52.9 Å². The molecule has 3 N–H and O–H groups in total. The summed E-state index contributed by atoms with van der Waals surface area (Å²) < 4.78 is 5.72. The molecule has 4 rings (SSSR count). The number of anilines is 4. The molecule has 2 aliphatic rings. The monoisotopic (exact) mass is 642 g/mol. The van der Waals surface area contributed by atoms with E-state index in [1.807, 2.05) is 36.9 Å². The lowest BCUT2D eigenvalue weighted by molar-refractivity contribution is -0.129. The Balaban J connectivity index is 1.50. The Morgan fingerprint density at radius 1 is 0.956 bits per heavy atom. The summed E-state index contributed by atoms with van der Waals surface area (Å²) in [6, 6.07) is 5.91. The number of piperidine rings is 1. The summed E-state index contributed by atoms with van der Waals surface area (Å²) >= 11 is 6.66. The van der Waals surface area contributed by atoms with Crippen molar-refractivity contribution in [1.82, 2.24) is 25.5 Å². The Labute approximate surface area is 271 Å². The third-order valence-electron chi connectivity index (χ3n) is 8.26. The minimum absolute atomic E-state index is 0.0188. The molecule has 0 aliphatic carbocycles. The lowest BCUT2D eigenvalue weighted by Gasteiger charge is -2.38. The number of hydrogen-bond donors (Lipinski definition) is 3. The molecule has 12 nitrogen and oxygen atoms in total. The van der Waals surface area contributed by atoms with Gasteiger partial charge in [-0.25, -0.2) is 4.98 Å². The van der Waals surface area contributed by atoms with Crippen LogP contribution in [0.15, 0.2) is 24.4 Å². The first-order chi connectivity index (χ1) is 21.7. The fraction of sp³-hybridized carbons (Fsp3) is 0.594. The number of methoxy groups -OCH3 is 1. The second-order valence-electron chi connectivity index (χ2n) is 11.8. The van der Waals surface area contributed by atoms with Crippen LogP contribution in [0.2, 0.25) is 5.02 Å². The van der Waals surface area contributed by atoms with Gasteiger partial charge in [0.15, 0.2) is 5.82 Å². The zero-order chi connectivity index (χ0) is 32.3. The summed E-state index contributed by atoms with van der Waals surface area (Å²) in [5, 5.41) is 9.64. The summed E-state index contributed by atoms with van der Waals surface area (Å²) in [6.45, 7) is 11.0. The van der Waals surface area contributed by atoms with Crippen LogP contribution in [-0.4, -0.2) is 92.1 Å². The van der Waals surface area contributed by atoms with Crippen LogP contribution in [0.5, 0.6) is 5.75 Å². The molecule has 0 radical (unpaired) electrons. The minimum atomic E-state index is 0.0188. The first-order valence-corrected chi connectivity index (χ1v) is 16.3. The first-order valence-electron chi connectivity index (χ1n) is 16.0. The highest BCUT2D eigenvalue weighted by Gasteiger charge is 2.32. The molecule has 45 heavy (non-hydrogen) atoms. The maximum Gasteiger partial charge on any atom is 0.229 e. The summed E-state index contributed by atoms with van der Waals surface area (Å²) in [6.07, 6.45) is 4.86. The number of nitrogens with one attached hydrogen (secondary N) is 3. The van der Waals surface area contributed by atoms with Gasteiger partial charge in [0.1, 0.15) is 10.8 Å². The van der Waals surface area contributed by atoms with E-state index in [2.05, 4.69) is 30.7 Å². The van der Waals surface area contributed by atoms with Crippen LogP contribution < -0.4 is 30.5 Å². The molecular weight excluding hydrogens is 596 g/mol. The molecule has 1 aromatic carbocycles. The fourth-order valence-corrected chi connectivity index (χ4v) is 6.22. The van der Waals surface area contributed by atoms with Gasteiger partial charge in [0.05, 0.1) is 19.0 Å². The molecule has 0 spiro atoms. The van der Waals surface area contributed by atoms with Gasteiger partial charge in [0, 0.05) is 83.9 Å². The summed E-state index contributed by atoms with van der Waals surface area (Å²) in [5.41, 5.74) is 1.71. The average molecular weight is 643 g/mol. The largest absolute Gasteiger partial charge is 0.494 e. The number of nitrogens with zero attached hydrogens (tertiary/aromatic N) is 5. The molecule has 0 saturated carbocycles. The van der Waals surface area contributed by atoms with Crippen LogP contribution in [0.3, 0.4) is 0 Å². The second kappa shape index (κ2) is 16.5. The van der Waals surface area contributed by atoms with Crippen molar-refractivity contribution in [3.63, 3.8) is 0 Å². The SMILES string of the molecule is CCCNC(=O)C[C@@H]1C[C@H](CC(=O)NCCC)CN(c2nc(Nc3ccc(N4CCN(C(C)=O)CC4)cc3OC)ncc2Cl)C1. The molecular formula is C32H47ClN8O4. The van der Waals surface area contributed by atoms with Crippen molar-refractivity contribution in [2.24, 2.45) is 11.8 Å². The Morgan fingerprint density at radius 3 is 2.13 bits per heavy atom. The predicted molar refractivity (Wildman–Crippen MR) is 177 cm³/mol. The van der Waals surface area contributed by atoms with Gasteiger partial charge in [-0.1, -0.05) is 25.4 Å². The number of rotatable bonds is 13. The molecule has 2 atom stereocenters. The highest BCUT2D eigenvalue weighted by Crippen LogP contribution is 2.35. The lowest BCUT2D eigenvalue weighted by atomic mass is 9.85. The van der Waals surface area contributed by atoms with E-state index in [-0.39, 0.29) is 29.6 Å². The number of benzene rings is 1. The standard InChI is InChI=1S/C32H47ClN8O4/c1-5-9-34-29(43)16-23-15-24(17-30(44)35-10-6-2)21-41(20-23)31-26(33)19-36-32(38-31)37-27-8-7-25(18-28(27)45-4)40-13-11-39(12-14-40)22(3)42/h7-8,18-19,23-24H,5-6,9-17,20-21H2,1-4H3,(H,34,43)(H,35,44)(H,36,37,38)/t23-,24+. The number of hydrogen-bond acceptors (Lipinski definition) is 9. The minimum Gasteiger partial charge on any atom is -0.494 e. The maximum atomic E-state index is 12.6. The molecule has 3 heterocycles. The average Bonchev–Trinajstić information content (AvgIpc) is 3.03. The van der Waals surface area contributed by atoms with Crippen molar-refractivity contribution < 1.29 is 19.1 Å². The number of aromatic nitrogens is 2. The normalized spacial score (nSPS) is 18.4. The highest BCUT2D eigenvalue weighted by molar-refractivity contribution is 6.32. The molecule has 246 valence electrons. The van der Waals surface area contributed by atoms with Gasteiger partial charge in [-0.2, -0.15) is 4.98 Å². The summed E-state index contributed by atoms with van der Waals surface area (Å²) in [5.74, 6) is 1.78. The second-order valence-corrected chi connectivity index (χ2v) is 12.3. The van der Waals surface area contributed by atoms with E-state index >= 15 is 0 Å². The zero-order valence-electron chi connectivity index (χ0n) is 26.9. The summed E-state index contributed by atoms with van der Waals surface area (Å²) in [7, 11) is 1.62. The molecule has 13 heteroatoms. The van der Waals surface area contributed by atoms with E-state index in [0.29, 0.717) is 80.3 Å². The molecule has 3 amide bonds. The topological polar surface area (TPSA) is 132 Å². The van der Waals surface area contributed by atoms with Gasteiger partial charge in [0.2, 0.25) is 23.7 Å². The van der Waals surface area contributed by atoms with Crippen LogP contribution in [-0.2, 0) is 14.4 Å². The zero-order valence-corrected chi connectivity index (χ0v) is 27.7. The van der Waals surface area contributed by atoms with E-state index in [0.717, 1.165) is 38.0 Å². The molecule has 0 bridgehead atoms. The highest BCUT2D eigenvalue weighted by atomic mass is 35.5. The Kier molecular flexibility index (Phi) is 12.5. The van der Waals surface area contributed by atoms with Gasteiger partial charge < -0.3 is 35.4 Å². The van der Waals surface area contributed by atoms with Crippen LogP contribution in [0, 0.1) is 11.8 Å². The molecule has 0 unspecified atom stereocenters. The first kappa shape index (κ1) is 34.1. The predicted octanol–water partition coefficient (Wildman–Crippen LogP) is 3.83. The number of amides is 3. The number of carbonyl (C=O) groups is 3. The van der Waals surface area contributed by atoms with Gasteiger partial charge in [-0.3, -0.25) is 14.4 Å². The van der Waals surface area contributed by atoms with Gasteiger partial charge in [0.25, 0.3) is 0 Å². The fourth-order valence-electron chi connectivity index (χ4n) is 6.00. The van der Waals surface area contributed by atoms with Crippen LogP contribution >= 0.6 is 11.6 Å². The van der Waals surface area contributed by atoms with E-state index in [1.165, 1.54) is 0 Å². The van der Waals surface area contributed by atoms with Crippen molar-refractivity contribution in [3.05, 3.63) is 29.4 Å². The van der Waals surface area contributed by atoms with Crippen LogP contribution in [0.25, 0.3) is 0 Å². The Hall–Kier alpha value is -3.80. The van der Waals surface area contributed by atoms with Crippen molar-refractivity contribution in [3.8, 4) is 5.75 Å². The lowest BCUT2D eigenvalue weighted by Crippen LogP contribution is -2.48. The van der Waals surface area contributed by atoms with Crippen molar-refractivity contribution in [1.29, 1.82) is 0 Å².